The molecule has 1 saturated heterocycles. The molecule has 0 aromatic rings. The highest BCUT2D eigenvalue weighted by Crippen LogP contribution is 2.42. The lowest BCUT2D eigenvalue weighted by Crippen LogP contribution is -2.56. The van der Waals surface area contributed by atoms with Crippen LogP contribution in [0.3, 0.4) is 0 Å². The van der Waals surface area contributed by atoms with Gasteiger partial charge in [-0.2, -0.15) is 0 Å². The highest BCUT2D eigenvalue weighted by Gasteiger charge is 2.52. The van der Waals surface area contributed by atoms with Crippen LogP contribution in [0.5, 0.6) is 0 Å². The molecule has 4 nitrogen and oxygen atoms in total. The Morgan fingerprint density at radius 1 is 1.69 bits per heavy atom. The van der Waals surface area contributed by atoms with Crippen LogP contribution in [0, 0.1) is 5.92 Å². The Kier molecular flexibility index (Phi) is 2.04. The van der Waals surface area contributed by atoms with Gasteiger partial charge in [-0.05, 0) is 6.42 Å². The SMILES string of the molecule is CCC1COC2(CC(C(=O)O)C2)N1. The minimum absolute atomic E-state index is 0.205. The second-order valence-corrected chi connectivity index (χ2v) is 4.00. The van der Waals surface area contributed by atoms with E-state index in [0.717, 1.165) is 13.0 Å². The first-order valence-electron chi connectivity index (χ1n) is 4.80. The largest absolute Gasteiger partial charge is 0.481 e. The number of hydrogen-bond acceptors (Lipinski definition) is 3. The molecule has 0 aromatic heterocycles. The summed E-state index contributed by atoms with van der Waals surface area (Å²) < 4.78 is 5.59. The highest BCUT2D eigenvalue weighted by atomic mass is 16.5. The van der Waals surface area contributed by atoms with Gasteiger partial charge >= 0.3 is 5.97 Å². The number of ether oxygens (including phenoxy) is 1. The summed E-state index contributed by atoms with van der Waals surface area (Å²) in [4.78, 5) is 10.6. The predicted molar refractivity (Wildman–Crippen MR) is 46.3 cm³/mol. The summed E-state index contributed by atoms with van der Waals surface area (Å²) >= 11 is 0. The van der Waals surface area contributed by atoms with Gasteiger partial charge < -0.3 is 9.84 Å². The Labute approximate surface area is 77.3 Å². The molecule has 0 bridgehead atoms. The van der Waals surface area contributed by atoms with Gasteiger partial charge in [0.15, 0.2) is 0 Å². The molecule has 0 amide bonds. The van der Waals surface area contributed by atoms with Crippen molar-refractivity contribution in [3.05, 3.63) is 0 Å². The van der Waals surface area contributed by atoms with E-state index in [1.54, 1.807) is 0 Å². The third-order valence-corrected chi connectivity index (χ3v) is 3.02. The Balaban J connectivity index is 1.87. The van der Waals surface area contributed by atoms with Crippen LogP contribution in [-0.2, 0) is 9.53 Å². The van der Waals surface area contributed by atoms with Crippen molar-refractivity contribution < 1.29 is 14.6 Å². The van der Waals surface area contributed by atoms with E-state index >= 15 is 0 Å². The van der Waals surface area contributed by atoms with E-state index in [-0.39, 0.29) is 11.6 Å². The summed E-state index contributed by atoms with van der Waals surface area (Å²) in [5.74, 6) is -0.904. The molecule has 74 valence electrons. The van der Waals surface area contributed by atoms with Crippen molar-refractivity contribution in [2.45, 2.75) is 38.0 Å². The van der Waals surface area contributed by atoms with Gasteiger partial charge in [-0.15, -0.1) is 0 Å². The molecule has 1 atom stereocenters. The van der Waals surface area contributed by atoms with Crippen LogP contribution in [0.25, 0.3) is 0 Å². The van der Waals surface area contributed by atoms with Crippen molar-refractivity contribution in [3.63, 3.8) is 0 Å². The first kappa shape index (κ1) is 8.97. The molecule has 1 unspecified atom stereocenters. The van der Waals surface area contributed by atoms with Crippen molar-refractivity contribution >= 4 is 5.97 Å². The van der Waals surface area contributed by atoms with Crippen LogP contribution in [0.2, 0.25) is 0 Å². The van der Waals surface area contributed by atoms with E-state index in [1.165, 1.54) is 0 Å². The zero-order valence-corrected chi connectivity index (χ0v) is 7.75. The molecule has 1 aliphatic heterocycles. The number of aliphatic carboxylic acids is 1. The van der Waals surface area contributed by atoms with Crippen molar-refractivity contribution in [2.75, 3.05) is 6.61 Å². The molecular weight excluding hydrogens is 170 g/mol. The summed E-state index contributed by atoms with van der Waals surface area (Å²) in [5.41, 5.74) is -0.288. The highest BCUT2D eigenvalue weighted by molar-refractivity contribution is 5.71. The Bertz CT molecular complexity index is 223. The quantitative estimate of drug-likeness (QED) is 0.660. The zero-order valence-electron chi connectivity index (χ0n) is 7.75. The third kappa shape index (κ3) is 1.44. The van der Waals surface area contributed by atoms with E-state index in [1.807, 2.05) is 0 Å². The van der Waals surface area contributed by atoms with Gasteiger partial charge in [0.25, 0.3) is 0 Å². The fraction of sp³-hybridized carbons (Fsp3) is 0.889. The van der Waals surface area contributed by atoms with E-state index in [0.29, 0.717) is 18.9 Å². The number of nitrogens with one attached hydrogen (secondary N) is 1. The number of carboxylic acid groups (broad SMARTS) is 1. The fourth-order valence-electron chi connectivity index (χ4n) is 2.08. The minimum atomic E-state index is -0.698. The Morgan fingerprint density at radius 2 is 2.38 bits per heavy atom. The van der Waals surface area contributed by atoms with Crippen molar-refractivity contribution in [3.8, 4) is 0 Å². The van der Waals surface area contributed by atoms with Crippen LogP contribution in [0.15, 0.2) is 0 Å². The van der Waals surface area contributed by atoms with E-state index in [4.69, 9.17) is 9.84 Å². The van der Waals surface area contributed by atoms with Crippen LogP contribution in [-0.4, -0.2) is 29.4 Å². The maximum absolute atomic E-state index is 10.6. The molecule has 13 heavy (non-hydrogen) atoms. The normalized spacial score (nSPS) is 43.5. The molecule has 1 saturated carbocycles. The van der Waals surface area contributed by atoms with Gasteiger partial charge in [-0.25, -0.2) is 0 Å². The van der Waals surface area contributed by atoms with Crippen LogP contribution >= 0.6 is 0 Å². The van der Waals surface area contributed by atoms with Gasteiger partial charge in [-0.1, -0.05) is 6.92 Å². The molecule has 2 N–H and O–H groups in total. The predicted octanol–water partition coefficient (Wildman–Crippen LogP) is 0.576. The lowest BCUT2D eigenvalue weighted by atomic mass is 9.77. The number of hydrogen-bond donors (Lipinski definition) is 2. The summed E-state index contributed by atoms with van der Waals surface area (Å²) in [6, 6.07) is 0.412. The molecule has 1 spiro atoms. The molecule has 0 radical (unpaired) electrons. The number of rotatable bonds is 2. The third-order valence-electron chi connectivity index (χ3n) is 3.02. The fourth-order valence-corrected chi connectivity index (χ4v) is 2.08. The molecule has 1 heterocycles. The topological polar surface area (TPSA) is 58.6 Å². The minimum Gasteiger partial charge on any atom is -0.481 e. The first-order valence-corrected chi connectivity index (χ1v) is 4.80. The smallest absolute Gasteiger partial charge is 0.306 e. The average Bonchev–Trinajstić information content (AvgIpc) is 2.44. The van der Waals surface area contributed by atoms with Gasteiger partial charge in [0.1, 0.15) is 5.72 Å². The molecule has 0 aromatic carbocycles. The molecule has 4 heteroatoms. The van der Waals surface area contributed by atoms with Gasteiger partial charge in [-0.3, -0.25) is 10.1 Å². The monoisotopic (exact) mass is 185 g/mol. The second kappa shape index (κ2) is 2.96. The van der Waals surface area contributed by atoms with Crippen molar-refractivity contribution in [1.29, 1.82) is 0 Å². The van der Waals surface area contributed by atoms with Gasteiger partial charge in [0.2, 0.25) is 0 Å². The van der Waals surface area contributed by atoms with Crippen molar-refractivity contribution in [2.24, 2.45) is 5.92 Å². The Morgan fingerprint density at radius 3 is 2.85 bits per heavy atom. The van der Waals surface area contributed by atoms with E-state index in [2.05, 4.69) is 12.2 Å². The second-order valence-electron chi connectivity index (χ2n) is 4.00. The summed E-state index contributed by atoms with van der Waals surface area (Å²) in [7, 11) is 0. The van der Waals surface area contributed by atoms with E-state index < -0.39 is 5.97 Å². The van der Waals surface area contributed by atoms with E-state index in [9.17, 15) is 4.79 Å². The first-order chi connectivity index (χ1) is 6.15. The van der Waals surface area contributed by atoms with Crippen LogP contribution < -0.4 is 5.32 Å². The average molecular weight is 185 g/mol. The molecule has 2 rings (SSSR count). The summed E-state index contributed by atoms with van der Waals surface area (Å²) in [6.07, 6.45) is 2.29. The Hall–Kier alpha value is -0.610. The van der Waals surface area contributed by atoms with Crippen LogP contribution in [0.4, 0.5) is 0 Å². The summed E-state index contributed by atoms with van der Waals surface area (Å²) in [6.45, 7) is 2.83. The molecular formula is C9H15NO3. The summed E-state index contributed by atoms with van der Waals surface area (Å²) in [5, 5.41) is 12.1. The zero-order chi connectivity index (χ0) is 9.47. The molecule has 2 aliphatic rings. The van der Waals surface area contributed by atoms with Crippen molar-refractivity contribution in [1.82, 2.24) is 5.32 Å². The van der Waals surface area contributed by atoms with Gasteiger partial charge in [0.05, 0.1) is 12.5 Å². The number of carbonyl (C=O) groups is 1. The van der Waals surface area contributed by atoms with Crippen LogP contribution in [0.1, 0.15) is 26.2 Å². The molecule has 1 aliphatic carbocycles. The maximum Gasteiger partial charge on any atom is 0.306 e. The lowest BCUT2D eigenvalue weighted by molar-refractivity contribution is -0.162. The lowest BCUT2D eigenvalue weighted by Gasteiger charge is -2.42. The molecule has 2 fully saturated rings. The standard InChI is InChI=1S/C9H15NO3/c1-2-7-5-13-9(10-7)3-6(4-9)8(11)12/h6-7,10H,2-5H2,1H3,(H,11,12). The maximum atomic E-state index is 10.6. The number of carboxylic acids is 1. The van der Waals surface area contributed by atoms with Gasteiger partial charge in [0, 0.05) is 18.9 Å².